The van der Waals surface area contributed by atoms with Crippen molar-refractivity contribution in [1.82, 2.24) is 9.88 Å². The second kappa shape index (κ2) is 8.62. The van der Waals surface area contributed by atoms with Crippen molar-refractivity contribution < 1.29 is 13.9 Å². The Morgan fingerprint density at radius 3 is 2.58 bits per heavy atom. The van der Waals surface area contributed by atoms with E-state index in [0.717, 1.165) is 40.8 Å². The number of nitrogens with zero attached hydrogens (tertiary/aromatic N) is 3. The molecule has 3 aromatic carbocycles. The lowest BCUT2D eigenvalue weighted by atomic mass is 10.0. The van der Waals surface area contributed by atoms with Crippen molar-refractivity contribution in [3.05, 3.63) is 78.2 Å². The molecule has 0 radical (unpaired) electrons. The summed E-state index contributed by atoms with van der Waals surface area (Å²) in [5, 5.41) is 0. The molecule has 33 heavy (non-hydrogen) atoms. The van der Waals surface area contributed by atoms with E-state index in [2.05, 4.69) is 29.2 Å². The first kappa shape index (κ1) is 21.1. The van der Waals surface area contributed by atoms with E-state index in [1.807, 2.05) is 55.4 Å². The van der Waals surface area contributed by atoms with Gasteiger partial charge in [0.25, 0.3) is 5.91 Å². The number of carbonyl (C=O) groups is 1. The SMILES string of the molecule is COc1ccccc1C(=O)N1CCCC1c1nc2cc(-c3ccc(N(C)C)cc3)ccc2o1. The van der Waals surface area contributed by atoms with Gasteiger partial charge in [0, 0.05) is 26.3 Å². The van der Waals surface area contributed by atoms with Crippen molar-refractivity contribution in [3.63, 3.8) is 0 Å². The number of benzene rings is 3. The molecule has 5 rings (SSSR count). The number of rotatable bonds is 5. The van der Waals surface area contributed by atoms with Crippen LogP contribution in [0.1, 0.15) is 35.1 Å². The van der Waals surface area contributed by atoms with Gasteiger partial charge in [-0.2, -0.15) is 0 Å². The zero-order valence-corrected chi connectivity index (χ0v) is 19.1. The Bertz CT molecular complexity index is 1290. The molecule has 0 aliphatic carbocycles. The summed E-state index contributed by atoms with van der Waals surface area (Å²) in [5.41, 5.74) is 5.46. The van der Waals surface area contributed by atoms with Crippen LogP contribution in [0.5, 0.6) is 5.75 Å². The van der Waals surface area contributed by atoms with Crippen molar-refractivity contribution in [3.8, 4) is 16.9 Å². The van der Waals surface area contributed by atoms with E-state index in [1.165, 1.54) is 0 Å². The van der Waals surface area contributed by atoms with E-state index in [0.29, 0.717) is 23.7 Å². The van der Waals surface area contributed by atoms with Crippen LogP contribution in [0.15, 0.2) is 71.1 Å². The number of carbonyl (C=O) groups excluding carboxylic acids is 1. The Morgan fingerprint density at radius 1 is 1.06 bits per heavy atom. The normalized spacial score (nSPS) is 15.7. The molecule has 1 unspecified atom stereocenters. The highest BCUT2D eigenvalue weighted by molar-refractivity contribution is 5.97. The molecule has 4 aromatic rings. The summed E-state index contributed by atoms with van der Waals surface area (Å²) in [7, 11) is 5.64. The number of hydrogen-bond acceptors (Lipinski definition) is 5. The predicted octanol–water partition coefficient (Wildman–Crippen LogP) is 5.55. The van der Waals surface area contributed by atoms with Crippen molar-refractivity contribution in [2.75, 3.05) is 32.6 Å². The van der Waals surface area contributed by atoms with Crippen molar-refractivity contribution in [1.29, 1.82) is 0 Å². The summed E-state index contributed by atoms with van der Waals surface area (Å²) in [6.45, 7) is 0.670. The van der Waals surface area contributed by atoms with E-state index in [-0.39, 0.29) is 11.9 Å². The van der Waals surface area contributed by atoms with Crippen LogP contribution < -0.4 is 9.64 Å². The maximum atomic E-state index is 13.3. The van der Waals surface area contributed by atoms with Crippen molar-refractivity contribution in [2.24, 2.45) is 0 Å². The largest absolute Gasteiger partial charge is 0.496 e. The molecule has 6 nitrogen and oxygen atoms in total. The summed E-state index contributed by atoms with van der Waals surface area (Å²) in [6, 6.07) is 21.6. The van der Waals surface area contributed by atoms with Crippen LogP contribution in [0.4, 0.5) is 5.69 Å². The first-order valence-electron chi connectivity index (χ1n) is 11.2. The van der Waals surface area contributed by atoms with Crippen LogP contribution in [0.3, 0.4) is 0 Å². The maximum absolute atomic E-state index is 13.3. The highest BCUT2D eigenvalue weighted by Gasteiger charge is 2.35. The third-order valence-electron chi connectivity index (χ3n) is 6.26. The molecule has 1 amide bonds. The van der Waals surface area contributed by atoms with Gasteiger partial charge in [0.2, 0.25) is 5.89 Å². The molecule has 2 heterocycles. The van der Waals surface area contributed by atoms with Gasteiger partial charge in [0.15, 0.2) is 5.58 Å². The molecular formula is C27H27N3O3. The molecule has 1 aliphatic heterocycles. The molecule has 0 saturated carbocycles. The topological polar surface area (TPSA) is 58.8 Å². The van der Waals surface area contributed by atoms with Gasteiger partial charge >= 0.3 is 0 Å². The first-order chi connectivity index (χ1) is 16.0. The molecule has 0 bridgehead atoms. The quantitative estimate of drug-likeness (QED) is 0.407. The van der Waals surface area contributed by atoms with E-state index in [1.54, 1.807) is 13.2 Å². The third-order valence-corrected chi connectivity index (χ3v) is 6.26. The number of para-hydroxylation sites is 1. The van der Waals surface area contributed by atoms with Crippen LogP contribution in [0, 0.1) is 0 Å². The lowest BCUT2D eigenvalue weighted by Gasteiger charge is -2.23. The fourth-order valence-electron chi connectivity index (χ4n) is 4.46. The predicted molar refractivity (Wildman–Crippen MR) is 130 cm³/mol. The number of methoxy groups -OCH3 is 1. The number of hydrogen-bond donors (Lipinski definition) is 0. The minimum atomic E-state index is -0.183. The average Bonchev–Trinajstić information content (AvgIpc) is 3.50. The first-order valence-corrected chi connectivity index (χ1v) is 11.2. The van der Waals surface area contributed by atoms with Gasteiger partial charge < -0.3 is 19.0 Å². The monoisotopic (exact) mass is 441 g/mol. The molecule has 1 atom stereocenters. The molecule has 1 fully saturated rings. The molecule has 0 spiro atoms. The minimum Gasteiger partial charge on any atom is -0.496 e. The molecule has 0 N–H and O–H groups in total. The minimum absolute atomic E-state index is 0.0566. The highest BCUT2D eigenvalue weighted by Crippen LogP contribution is 2.36. The van der Waals surface area contributed by atoms with Crippen molar-refractivity contribution >= 4 is 22.7 Å². The van der Waals surface area contributed by atoms with E-state index in [4.69, 9.17) is 14.1 Å². The van der Waals surface area contributed by atoms with Gasteiger partial charge in [0.05, 0.1) is 12.7 Å². The van der Waals surface area contributed by atoms with Gasteiger partial charge in [-0.3, -0.25) is 4.79 Å². The number of oxazole rings is 1. The number of aromatic nitrogens is 1. The Morgan fingerprint density at radius 2 is 1.82 bits per heavy atom. The Balaban J connectivity index is 1.44. The summed E-state index contributed by atoms with van der Waals surface area (Å²) in [6.07, 6.45) is 1.74. The van der Waals surface area contributed by atoms with Gasteiger partial charge in [-0.25, -0.2) is 4.98 Å². The summed E-state index contributed by atoms with van der Waals surface area (Å²) in [4.78, 5) is 22.0. The molecular weight excluding hydrogens is 414 g/mol. The highest BCUT2D eigenvalue weighted by atomic mass is 16.5. The van der Waals surface area contributed by atoms with Crippen LogP contribution in [0.2, 0.25) is 0 Å². The zero-order valence-electron chi connectivity index (χ0n) is 19.1. The Hall–Kier alpha value is -3.80. The number of likely N-dealkylation sites (tertiary alicyclic amines) is 1. The number of ether oxygens (including phenoxy) is 1. The molecule has 1 aliphatic rings. The average molecular weight is 442 g/mol. The summed E-state index contributed by atoms with van der Waals surface area (Å²) >= 11 is 0. The molecule has 6 heteroatoms. The molecule has 1 aromatic heterocycles. The van der Waals surface area contributed by atoms with Crippen LogP contribution in [-0.2, 0) is 0 Å². The van der Waals surface area contributed by atoms with Crippen LogP contribution in [-0.4, -0.2) is 43.5 Å². The maximum Gasteiger partial charge on any atom is 0.258 e. The number of anilines is 1. The third kappa shape index (κ3) is 3.93. The van der Waals surface area contributed by atoms with Gasteiger partial charge in [-0.05, 0) is 60.4 Å². The number of fused-ring (bicyclic) bond motifs is 1. The van der Waals surface area contributed by atoms with Crippen LogP contribution in [0.25, 0.3) is 22.2 Å². The molecule has 168 valence electrons. The second-order valence-corrected chi connectivity index (χ2v) is 8.53. The van der Waals surface area contributed by atoms with Gasteiger partial charge in [-0.1, -0.05) is 30.3 Å². The second-order valence-electron chi connectivity index (χ2n) is 8.53. The standard InChI is InChI=1S/C27H27N3O3/c1-29(2)20-13-10-18(11-14-20)19-12-15-25-22(17-19)28-26(33-25)23-8-6-16-30(23)27(31)21-7-4-5-9-24(21)32-3/h4-5,7,9-15,17,23H,6,8,16H2,1-3H3. The fraction of sp³-hybridized carbons (Fsp3) is 0.259. The van der Waals surface area contributed by atoms with E-state index >= 15 is 0 Å². The van der Waals surface area contributed by atoms with Gasteiger partial charge in [0.1, 0.15) is 17.3 Å². The van der Waals surface area contributed by atoms with E-state index < -0.39 is 0 Å². The zero-order chi connectivity index (χ0) is 22.9. The van der Waals surface area contributed by atoms with Crippen LogP contribution >= 0.6 is 0 Å². The van der Waals surface area contributed by atoms with Crippen molar-refractivity contribution in [2.45, 2.75) is 18.9 Å². The summed E-state index contributed by atoms with van der Waals surface area (Å²) in [5.74, 6) is 1.11. The lowest BCUT2D eigenvalue weighted by Crippen LogP contribution is -2.31. The van der Waals surface area contributed by atoms with E-state index in [9.17, 15) is 4.79 Å². The molecule has 1 saturated heterocycles. The Labute approximate surface area is 193 Å². The number of amides is 1. The van der Waals surface area contributed by atoms with Gasteiger partial charge in [-0.15, -0.1) is 0 Å². The smallest absolute Gasteiger partial charge is 0.258 e. The Kier molecular flexibility index (Phi) is 5.50. The summed E-state index contributed by atoms with van der Waals surface area (Å²) < 4.78 is 11.5. The lowest BCUT2D eigenvalue weighted by molar-refractivity contribution is 0.0713. The fourth-order valence-corrected chi connectivity index (χ4v) is 4.46.